The quantitative estimate of drug-likeness (QED) is 0.404. The van der Waals surface area contributed by atoms with Gasteiger partial charge in [0.05, 0.1) is 16.2 Å². The van der Waals surface area contributed by atoms with Crippen molar-refractivity contribution < 1.29 is 32.3 Å². The summed E-state index contributed by atoms with van der Waals surface area (Å²) in [6, 6.07) is 8.00. The molecule has 12 heteroatoms. The van der Waals surface area contributed by atoms with E-state index in [-0.39, 0.29) is 22.3 Å². The Balaban J connectivity index is 1.77. The summed E-state index contributed by atoms with van der Waals surface area (Å²) in [5, 5.41) is 21.0. The molecule has 1 N–H and O–H groups in total. The third kappa shape index (κ3) is 4.11. The molecule has 0 fully saturated rings. The number of carbonyl (C=O) groups excluding carboxylic acids is 1. The Morgan fingerprint density at radius 1 is 1.15 bits per heavy atom. The van der Waals surface area contributed by atoms with E-state index in [2.05, 4.69) is 25.0 Å². The molecule has 0 atom stereocenters. The van der Waals surface area contributed by atoms with Gasteiger partial charge in [0.2, 0.25) is 5.52 Å². The summed E-state index contributed by atoms with van der Waals surface area (Å²) in [6.07, 6.45) is -4.61. The summed E-state index contributed by atoms with van der Waals surface area (Å²) < 4.78 is 44.9. The fraction of sp³-hybridized carbons (Fsp3) is 0.133. The topological polar surface area (TPSA) is 120 Å². The molecule has 9 nitrogen and oxygen atoms in total. The molecule has 0 spiro atoms. The van der Waals surface area contributed by atoms with Crippen LogP contribution in [0, 0.1) is 10.1 Å². The maximum Gasteiger partial charge on any atom is 0.422 e. The van der Waals surface area contributed by atoms with E-state index in [1.54, 1.807) is 0 Å². The number of fused-ring (bicyclic) bond motifs is 1. The van der Waals surface area contributed by atoms with Crippen molar-refractivity contribution >= 4 is 34.1 Å². The van der Waals surface area contributed by atoms with Gasteiger partial charge in [-0.15, -0.1) is 0 Å². The van der Waals surface area contributed by atoms with E-state index in [0.29, 0.717) is 11.4 Å². The first-order chi connectivity index (χ1) is 12.7. The second kappa shape index (κ2) is 6.90. The van der Waals surface area contributed by atoms with Crippen molar-refractivity contribution in [2.45, 2.75) is 6.18 Å². The lowest BCUT2D eigenvalue weighted by Gasteiger charge is -2.09. The highest BCUT2D eigenvalue weighted by Crippen LogP contribution is 2.30. The van der Waals surface area contributed by atoms with Crippen molar-refractivity contribution in [2.24, 2.45) is 0 Å². The highest BCUT2D eigenvalue weighted by Gasteiger charge is 2.29. The molecule has 140 valence electrons. The molecule has 0 unspecified atom stereocenters. The number of rotatable bonds is 5. The minimum absolute atomic E-state index is 0.0441. The number of hydrogen-bond acceptors (Lipinski definition) is 8. The predicted octanol–water partition coefficient (Wildman–Crippen LogP) is 3.59. The summed E-state index contributed by atoms with van der Waals surface area (Å²) in [5.41, 5.74) is 0.529. The van der Waals surface area contributed by atoms with Crippen LogP contribution in [0.4, 0.5) is 30.2 Å². The van der Waals surface area contributed by atoms with Crippen molar-refractivity contribution in [3.63, 3.8) is 0 Å². The van der Waals surface area contributed by atoms with Gasteiger partial charge in [-0.3, -0.25) is 10.1 Å². The lowest BCUT2D eigenvalue weighted by atomic mass is 10.2. The molecule has 3 rings (SSSR count). The average Bonchev–Trinajstić information content (AvgIpc) is 3.09. The van der Waals surface area contributed by atoms with E-state index < -0.39 is 23.7 Å². The molecule has 0 saturated carbocycles. The first-order valence-corrected chi connectivity index (χ1v) is 7.25. The summed E-state index contributed by atoms with van der Waals surface area (Å²) >= 11 is 0. The van der Waals surface area contributed by atoms with Crippen LogP contribution >= 0.6 is 0 Å². The van der Waals surface area contributed by atoms with Gasteiger partial charge in [0, 0.05) is 11.8 Å². The van der Waals surface area contributed by atoms with E-state index in [0.717, 1.165) is 0 Å². The van der Waals surface area contributed by atoms with Crippen LogP contribution in [0.2, 0.25) is 0 Å². The van der Waals surface area contributed by atoms with Crippen molar-refractivity contribution in [3.8, 4) is 0 Å². The van der Waals surface area contributed by atoms with Crippen LogP contribution in [0.3, 0.4) is 0 Å². The molecule has 0 aliphatic rings. The normalized spacial score (nSPS) is 11.4. The number of carbonyl (C=O) groups is 1. The van der Waals surface area contributed by atoms with Gasteiger partial charge < -0.3 is 10.1 Å². The molecule has 0 aliphatic heterocycles. The molecule has 1 aromatic heterocycles. The Morgan fingerprint density at radius 3 is 2.44 bits per heavy atom. The van der Waals surface area contributed by atoms with Crippen LogP contribution in [-0.4, -0.2) is 34.0 Å². The van der Waals surface area contributed by atoms with Gasteiger partial charge >= 0.3 is 17.8 Å². The van der Waals surface area contributed by atoms with Gasteiger partial charge in [-0.25, -0.2) is 9.42 Å². The third-order valence-corrected chi connectivity index (χ3v) is 3.36. The van der Waals surface area contributed by atoms with Crippen molar-refractivity contribution in [3.05, 3.63) is 52.1 Å². The fourth-order valence-corrected chi connectivity index (χ4v) is 2.18. The number of nitrogens with zero attached hydrogens (tertiary/aromatic N) is 3. The number of nitro groups is 1. The smallest absolute Gasteiger partial charge is 0.422 e. The van der Waals surface area contributed by atoms with E-state index in [1.807, 2.05) is 0 Å². The van der Waals surface area contributed by atoms with E-state index in [4.69, 9.17) is 0 Å². The molecule has 0 aliphatic carbocycles. The summed E-state index contributed by atoms with van der Waals surface area (Å²) in [7, 11) is 0. The Labute approximate surface area is 147 Å². The number of non-ortho nitro benzene ring substituents is 1. The highest BCUT2D eigenvalue weighted by atomic mass is 19.4. The number of alkyl halides is 3. The average molecular weight is 382 g/mol. The molecule has 0 saturated heterocycles. The zero-order valence-corrected chi connectivity index (χ0v) is 13.2. The lowest BCUT2D eigenvalue weighted by molar-refractivity contribution is -0.383. The predicted molar refractivity (Wildman–Crippen MR) is 84.5 cm³/mol. The minimum atomic E-state index is -4.61. The Bertz CT molecular complexity index is 1000. The molecule has 3 aromatic rings. The molecular formula is C15H9F3N4O5. The third-order valence-electron chi connectivity index (χ3n) is 3.36. The summed E-state index contributed by atoms with van der Waals surface area (Å²) in [4.78, 5) is 21.9. The van der Waals surface area contributed by atoms with Crippen LogP contribution in [0.15, 0.2) is 41.0 Å². The number of anilines is 2. The molecule has 2 aromatic carbocycles. The fourth-order valence-electron chi connectivity index (χ4n) is 2.18. The Kier molecular flexibility index (Phi) is 4.62. The van der Waals surface area contributed by atoms with Crippen LogP contribution in [0.5, 0.6) is 0 Å². The highest BCUT2D eigenvalue weighted by molar-refractivity contribution is 5.95. The van der Waals surface area contributed by atoms with E-state index >= 15 is 0 Å². The van der Waals surface area contributed by atoms with Crippen LogP contribution in [0.1, 0.15) is 10.4 Å². The maximum absolute atomic E-state index is 12.1. The monoisotopic (exact) mass is 382 g/mol. The van der Waals surface area contributed by atoms with Crippen molar-refractivity contribution in [1.82, 2.24) is 10.3 Å². The molecule has 0 amide bonds. The van der Waals surface area contributed by atoms with Gasteiger partial charge in [0.1, 0.15) is 0 Å². The van der Waals surface area contributed by atoms with E-state index in [1.165, 1.54) is 36.4 Å². The number of hydrogen-bond donors (Lipinski definition) is 1. The number of nitrogens with one attached hydrogen (secondary N) is 1. The molecular weight excluding hydrogens is 373 g/mol. The minimum Gasteiger partial charge on any atom is -0.452 e. The molecule has 0 radical (unpaired) electrons. The van der Waals surface area contributed by atoms with Crippen molar-refractivity contribution in [1.29, 1.82) is 0 Å². The van der Waals surface area contributed by atoms with Gasteiger partial charge in [0.25, 0.3) is 0 Å². The Hall–Kier alpha value is -3.70. The first-order valence-electron chi connectivity index (χ1n) is 7.25. The van der Waals surface area contributed by atoms with Crippen LogP contribution in [-0.2, 0) is 4.74 Å². The molecule has 0 bridgehead atoms. The number of benzene rings is 2. The maximum atomic E-state index is 12.1. The van der Waals surface area contributed by atoms with Gasteiger partial charge in [-0.2, -0.15) is 13.2 Å². The first kappa shape index (κ1) is 18.1. The Morgan fingerprint density at radius 2 is 1.81 bits per heavy atom. The summed E-state index contributed by atoms with van der Waals surface area (Å²) in [5.74, 6) is -1.11. The molecule has 1 heterocycles. The number of halogens is 3. The van der Waals surface area contributed by atoms with Gasteiger partial charge in [0.15, 0.2) is 12.1 Å². The van der Waals surface area contributed by atoms with E-state index in [9.17, 15) is 28.1 Å². The van der Waals surface area contributed by atoms with Crippen LogP contribution < -0.4 is 5.32 Å². The lowest BCUT2D eigenvalue weighted by Crippen LogP contribution is -2.20. The van der Waals surface area contributed by atoms with Crippen LogP contribution in [0.25, 0.3) is 11.0 Å². The second-order valence-electron chi connectivity index (χ2n) is 5.24. The SMILES string of the molecule is O=C(OCC(F)(F)F)c1ccc(Nc2ccc([N+](=O)[O-])c3nonc23)cc1. The standard InChI is InChI=1S/C15H9F3N4O5/c16-15(17,18)7-26-14(23)8-1-3-9(4-2-8)19-10-5-6-11(22(24)25)13-12(10)20-27-21-13/h1-6,19H,7H2. The largest absolute Gasteiger partial charge is 0.452 e. The number of nitro benzene ring substituents is 1. The zero-order valence-electron chi connectivity index (χ0n) is 13.2. The zero-order chi connectivity index (χ0) is 19.6. The van der Waals surface area contributed by atoms with Gasteiger partial charge in [-0.1, -0.05) is 0 Å². The van der Waals surface area contributed by atoms with Crippen molar-refractivity contribution in [2.75, 3.05) is 11.9 Å². The number of ether oxygens (including phenoxy) is 1. The number of esters is 1. The molecule has 27 heavy (non-hydrogen) atoms. The second-order valence-corrected chi connectivity index (χ2v) is 5.24. The van der Waals surface area contributed by atoms with Gasteiger partial charge in [-0.05, 0) is 40.6 Å². The number of aromatic nitrogens is 2. The summed E-state index contributed by atoms with van der Waals surface area (Å²) in [6.45, 7) is -1.67.